The Hall–Kier alpha value is -4.19. The Labute approximate surface area is 514 Å². The van der Waals surface area contributed by atoms with E-state index in [1.165, 1.54) is 103 Å². The molecule has 0 radical (unpaired) electrons. The molecule has 1 rings (SSSR count). The predicted octanol–water partition coefficient (Wildman–Crippen LogP) is 18.4. The average molecular weight is 1170 g/mol. The Morgan fingerprint density at radius 1 is 0.417 bits per heavy atom. The van der Waals surface area contributed by atoms with Crippen LogP contribution in [-0.4, -0.2) is 87.5 Å². The molecule has 0 aromatic carbocycles. The van der Waals surface area contributed by atoms with Crippen LogP contribution < -0.4 is 5.32 Å². The molecule has 0 aromatic heterocycles. The zero-order chi connectivity index (χ0) is 60.7. The number of amides is 1. The molecule has 1 amide bonds. The number of nitrogens with one attached hydrogen (secondary N) is 1. The van der Waals surface area contributed by atoms with Crippen LogP contribution in [0.1, 0.15) is 251 Å². The lowest BCUT2D eigenvalue weighted by molar-refractivity contribution is -0.302. The van der Waals surface area contributed by atoms with E-state index >= 15 is 0 Å². The summed E-state index contributed by atoms with van der Waals surface area (Å²) in [6.07, 6.45) is 90.4. The fourth-order valence-corrected chi connectivity index (χ4v) is 9.61. The number of aliphatic hydroxyl groups excluding tert-OH is 5. The summed E-state index contributed by atoms with van der Waals surface area (Å²) in [6, 6.07) is -0.831. The van der Waals surface area contributed by atoms with Gasteiger partial charge in [-0.2, -0.15) is 0 Å². The summed E-state index contributed by atoms with van der Waals surface area (Å²) in [7, 11) is 0. The normalized spacial score (nSPS) is 19.2. The molecule has 84 heavy (non-hydrogen) atoms. The summed E-state index contributed by atoms with van der Waals surface area (Å²) in [5.41, 5.74) is 0. The number of carbonyl (C=O) groups is 1. The molecule has 7 unspecified atom stereocenters. The van der Waals surface area contributed by atoms with E-state index in [1.54, 1.807) is 6.08 Å². The highest BCUT2D eigenvalue weighted by Crippen LogP contribution is 2.23. The van der Waals surface area contributed by atoms with Gasteiger partial charge >= 0.3 is 0 Å². The molecule has 7 atom stereocenters. The van der Waals surface area contributed by atoms with E-state index in [2.05, 4.69) is 165 Å². The van der Waals surface area contributed by atoms with E-state index in [0.29, 0.717) is 6.42 Å². The molecule has 9 heteroatoms. The van der Waals surface area contributed by atoms with Crippen LogP contribution in [0, 0.1) is 0 Å². The molecule has 476 valence electrons. The number of allylic oxidation sites excluding steroid dienone is 25. The van der Waals surface area contributed by atoms with E-state index in [9.17, 15) is 30.3 Å². The van der Waals surface area contributed by atoms with Crippen molar-refractivity contribution in [1.29, 1.82) is 0 Å². The fraction of sp³-hybridized carbons (Fsp3) is 0.640. The molecular weight excluding hydrogens is 1040 g/mol. The van der Waals surface area contributed by atoms with Crippen molar-refractivity contribution >= 4 is 5.91 Å². The lowest BCUT2D eigenvalue weighted by Gasteiger charge is -2.40. The highest BCUT2D eigenvalue weighted by Gasteiger charge is 2.44. The summed E-state index contributed by atoms with van der Waals surface area (Å²) >= 11 is 0. The first-order valence-corrected chi connectivity index (χ1v) is 33.7. The second-order valence-electron chi connectivity index (χ2n) is 22.5. The number of aliphatic hydroxyl groups is 5. The maximum absolute atomic E-state index is 13.1. The number of hydrogen-bond donors (Lipinski definition) is 6. The molecule has 1 aliphatic heterocycles. The van der Waals surface area contributed by atoms with Crippen LogP contribution in [0.25, 0.3) is 0 Å². The standard InChI is InChI=1S/C75H123NO8/c1-3-5-7-9-11-13-15-17-19-21-23-25-26-27-28-29-30-31-32-33-34-35-36-37-38-39-40-41-42-43-44-45-47-49-51-53-55-57-59-61-63-65-71(79)76-68(67-83-75-74(82)73(81)72(80)70(66-77)84-75)69(78)64-62-60-58-56-54-52-50-48-46-24-22-20-18-16-14-12-10-8-6-4-2/h5,7,11,13,17,19,23,25,27-28,30-31,33-34,36-37,39-40,42-43,45,47,51,53,62,64,68-70,72-75,77-78,80-82H,3-4,6,8-10,12,14-16,18,20-22,24,26,29,32,35,38,41,44,46,48-50,52,54-61,63,65-67H2,1-2H3,(H,76,79)/b7-5-,13-11-,19-17-,25-23-,28-27-,31-30-,34-33-,37-36-,40-39-,43-42-,47-45-,53-51-,64-62+. The van der Waals surface area contributed by atoms with Gasteiger partial charge in [0, 0.05) is 6.42 Å². The summed E-state index contributed by atoms with van der Waals surface area (Å²) in [4.78, 5) is 13.1. The minimum atomic E-state index is -1.58. The minimum absolute atomic E-state index is 0.206. The molecule has 9 nitrogen and oxygen atoms in total. The molecule has 0 bridgehead atoms. The Kier molecular flexibility index (Phi) is 57.3. The van der Waals surface area contributed by atoms with Crippen LogP contribution in [-0.2, 0) is 14.3 Å². The van der Waals surface area contributed by atoms with E-state index in [1.807, 2.05) is 6.08 Å². The van der Waals surface area contributed by atoms with Crippen LogP contribution in [0.15, 0.2) is 158 Å². The smallest absolute Gasteiger partial charge is 0.220 e. The molecule has 1 saturated heterocycles. The van der Waals surface area contributed by atoms with Crippen molar-refractivity contribution in [2.75, 3.05) is 13.2 Å². The second-order valence-corrected chi connectivity index (χ2v) is 22.5. The first-order chi connectivity index (χ1) is 41.3. The Morgan fingerprint density at radius 2 is 0.738 bits per heavy atom. The monoisotopic (exact) mass is 1170 g/mol. The molecular formula is C75H123NO8. The number of hydrogen-bond acceptors (Lipinski definition) is 8. The molecule has 1 fully saturated rings. The van der Waals surface area contributed by atoms with Crippen molar-refractivity contribution in [3.63, 3.8) is 0 Å². The molecule has 0 saturated carbocycles. The van der Waals surface area contributed by atoms with Crippen LogP contribution >= 0.6 is 0 Å². The minimum Gasteiger partial charge on any atom is -0.394 e. The third-order valence-corrected chi connectivity index (χ3v) is 14.9. The van der Waals surface area contributed by atoms with Crippen molar-refractivity contribution < 1.29 is 39.8 Å². The van der Waals surface area contributed by atoms with Crippen molar-refractivity contribution in [1.82, 2.24) is 5.32 Å². The second kappa shape index (κ2) is 61.9. The largest absolute Gasteiger partial charge is 0.394 e. The van der Waals surface area contributed by atoms with Crippen LogP contribution in [0.4, 0.5) is 0 Å². The number of rotatable bonds is 56. The molecule has 0 aromatic rings. The van der Waals surface area contributed by atoms with Gasteiger partial charge in [0.05, 0.1) is 25.4 Å². The number of ether oxygens (including phenoxy) is 2. The van der Waals surface area contributed by atoms with Crippen molar-refractivity contribution in [2.24, 2.45) is 0 Å². The summed E-state index contributed by atoms with van der Waals surface area (Å²) in [5.74, 6) is -0.206. The fourth-order valence-electron chi connectivity index (χ4n) is 9.61. The van der Waals surface area contributed by atoms with Gasteiger partial charge in [-0.3, -0.25) is 4.79 Å². The molecule has 0 aliphatic carbocycles. The van der Waals surface area contributed by atoms with Gasteiger partial charge in [-0.15, -0.1) is 0 Å². The van der Waals surface area contributed by atoms with E-state index < -0.39 is 49.5 Å². The van der Waals surface area contributed by atoms with Gasteiger partial charge in [0.2, 0.25) is 5.91 Å². The zero-order valence-corrected chi connectivity index (χ0v) is 53.1. The van der Waals surface area contributed by atoms with Crippen LogP contribution in [0.5, 0.6) is 0 Å². The Morgan fingerprint density at radius 3 is 1.10 bits per heavy atom. The van der Waals surface area contributed by atoms with Gasteiger partial charge in [0.1, 0.15) is 24.4 Å². The maximum Gasteiger partial charge on any atom is 0.220 e. The third kappa shape index (κ3) is 50.0. The van der Waals surface area contributed by atoms with Gasteiger partial charge in [-0.25, -0.2) is 0 Å². The Balaban J connectivity index is 2.20. The lowest BCUT2D eigenvalue weighted by Crippen LogP contribution is -2.60. The maximum atomic E-state index is 13.1. The van der Waals surface area contributed by atoms with Crippen LogP contribution in [0.3, 0.4) is 0 Å². The topological polar surface area (TPSA) is 149 Å². The third-order valence-electron chi connectivity index (χ3n) is 14.9. The van der Waals surface area contributed by atoms with Gasteiger partial charge in [0.15, 0.2) is 6.29 Å². The van der Waals surface area contributed by atoms with Gasteiger partial charge in [0.25, 0.3) is 0 Å². The molecule has 1 heterocycles. The predicted molar refractivity (Wildman–Crippen MR) is 359 cm³/mol. The quantitative estimate of drug-likeness (QED) is 0.0261. The SMILES string of the molecule is CC/C=C\C/C=C\C/C=C\C/C=C\C/C=C\C/C=C\C/C=C\C/C=C\C/C=C\C/C=C\C/C=C\C/C=C\CCCCCCC(=O)NC(COC1OC(CO)C(O)C(O)C1O)C(O)/C=C/CCCCCCCCCCCCCCCCCCCC. The highest BCUT2D eigenvalue weighted by atomic mass is 16.7. The zero-order valence-electron chi connectivity index (χ0n) is 53.1. The van der Waals surface area contributed by atoms with Gasteiger partial charge in [-0.05, 0) is 109 Å². The van der Waals surface area contributed by atoms with E-state index in [0.717, 1.165) is 128 Å². The molecule has 0 spiro atoms. The van der Waals surface area contributed by atoms with Gasteiger partial charge in [-0.1, -0.05) is 294 Å². The summed E-state index contributed by atoms with van der Waals surface area (Å²) in [6.45, 7) is 3.65. The number of unbranched alkanes of at least 4 members (excludes halogenated alkanes) is 22. The van der Waals surface area contributed by atoms with Crippen LogP contribution in [0.2, 0.25) is 0 Å². The lowest BCUT2D eigenvalue weighted by atomic mass is 9.99. The molecule has 6 N–H and O–H groups in total. The summed E-state index contributed by atoms with van der Waals surface area (Å²) < 4.78 is 11.3. The molecule has 1 aliphatic rings. The average Bonchev–Trinajstić information content (AvgIpc) is 3.70. The first kappa shape index (κ1) is 77.8. The van der Waals surface area contributed by atoms with Crippen molar-refractivity contribution in [3.8, 4) is 0 Å². The summed E-state index contributed by atoms with van der Waals surface area (Å²) in [5, 5.41) is 54.6. The van der Waals surface area contributed by atoms with Crippen molar-refractivity contribution in [2.45, 2.75) is 294 Å². The van der Waals surface area contributed by atoms with E-state index in [4.69, 9.17) is 9.47 Å². The van der Waals surface area contributed by atoms with E-state index in [-0.39, 0.29) is 12.5 Å². The van der Waals surface area contributed by atoms with Gasteiger partial charge < -0.3 is 40.3 Å². The first-order valence-electron chi connectivity index (χ1n) is 33.7. The highest BCUT2D eigenvalue weighted by molar-refractivity contribution is 5.76. The van der Waals surface area contributed by atoms with Crippen molar-refractivity contribution in [3.05, 3.63) is 158 Å². The Bertz CT molecular complexity index is 1880. The number of carbonyl (C=O) groups excluding carboxylic acids is 1.